The fourth-order valence-electron chi connectivity index (χ4n) is 2.57. The maximum absolute atomic E-state index is 12.1. The van der Waals surface area contributed by atoms with Gasteiger partial charge in [0.15, 0.2) is 0 Å². The number of nitrogens with zero attached hydrogens (tertiary/aromatic N) is 2. The Labute approximate surface area is 136 Å². The highest BCUT2D eigenvalue weighted by atomic mass is 16.5. The van der Waals surface area contributed by atoms with E-state index in [1.807, 2.05) is 33.8 Å². The van der Waals surface area contributed by atoms with Gasteiger partial charge in [-0.3, -0.25) is 9.78 Å². The number of hydrazone groups is 1. The molecule has 0 fully saturated rings. The van der Waals surface area contributed by atoms with E-state index in [9.17, 15) is 4.79 Å². The molecule has 0 radical (unpaired) electrons. The lowest BCUT2D eigenvalue weighted by atomic mass is 10.0. The third kappa shape index (κ3) is 3.94. The molecule has 2 aromatic rings. The zero-order chi connectivity index (χ0) is 17.0. The number of aryl methyl sites for hydroxylation is 3. The summed E-state index contributed by atoms with van der Waals surface area (Å²) in [6.07, 6.45) is 0. The second-order valence-electron chi connectivity index (χ2n) is 5.41. The average molecular weight is 311 g/mol. The van der Waals surface area contributed by atoms with E-state index < -0.39 is 0 Å². The van der Waals surface area contributed by atoms with Crippen molar-refractivity contribution in [2.45, 2.75) is 27.7 Å². The number of methoxy groups -OCH3 is 1. The normalized spacial score (nSPS) is 11.3. The highest BCUT2D eigenvalue weighted by molar-refractivity contribution is 6.02. The fraction of sp³-hybridized carbons (Fsp3) is 0.278. The van der Waals surface area contributed by atoms with Gasteiger partial charge in [-0.1, -0.05) is 0 Å². The van der Waals surface area contributed by atoms with Crippen molar-refractivity contribution in [1.82, 2.24) is 10.4 Å². The van der Waals surface area contributed by atoms with E-state index in [-0.39, 0.29) is 5.91 Å². The van der Waals surface area contributed by atoms with Crippen molar-refractivity contribution in [3.8, 4) is 5.75 Å². The van der Waals surface area contributed by atoms with Gasteiger partial charge in [-0.25, -0.2) is 5.43 Å². The van der Waals surface area contributed by atoms with Crippen LogP contribution in [0.25, 0.3) is 0 Å². The number of rotatable bonds is 4. The molecule has 0 aliphatic rings. The van der Waals surface area contributed by atoms with Crippen molar-refractivity contribution in [3.05, 3.63) is 58.4 Å². The van der Waals surface area contributed by atoms with E-state index in [1.165, 1.54) is 0 Å². The highest BCUT2D eigenvalue weighted by Crippen LogP contribution is 2.14. The summed E-state index contributed by atoms with van der Waals surface area (Å²) in [5.74, 6) is 0.445. The topological polar surface area (TPSA) is 63.6 Å². The first-order chi connectivity index (χ1) is 10.9. The maximum Gasteiger partial charge on any atom is 0.271 e. The molecule has 1 aromatic carbocycles. The molecule has 0 atom stereocenters. The van der Waals surface area contributed by atoms with Crippen LogP contribution in [0.5, 0.6) is 5.75 Å². The summed E-state index contributed by atoms with van der Waals surface area (Å²) in [4.78, 5) is 16.6. The predicted octanol–water partition coefficient (Wildman–Crippen LogP) is 3.17. The van der Waals surface area contributed by atoms with Crippen molar-refractivity contribution in [2.24, 2.45) is 5.10 Å². The molecule has 1 N–H and O–H groups in total. The third-order valence-electron chi connectivity index (χ3n) is 3.56. The van der Waals surface area contributed by atoms with Gasteiger partial charge in [0.25, 0.3) is 5.91 Å². The number of carbonyl (C=O) groups excluding carboxylic acids is 1. The summed E-state index contributed by atoms with van der Waals surface area (Å²) in [6.45, 7) is 7.78. The van der Waals surface area contributed by atoms with Crippen LogP contribution < -0.4 is 10.2 Å². The van der Waals surface area contributed by atoms with Crippen molar-refractivity contribution in [1.29, 1.82) is 0 Å². The molecule has 120 valence electrons. The lowest BCUT2D eigenvalue weighted by Crippen LogP contribution is -2.20. The molecule has 0 aliphatic carbocycles. The van der Waals surface area contributed by atoms with Crippen molar-refractivity contribution in [3.63, 3.8) is 0 Å². The predicted molar refractivity (Wildman–Crippen MR) is 91.1 cm³/mol. The van der Waals surface area contributed by atoms with Crippen LogP contribution in [0.1, 0.15) is 39.8 Å². The Balaban J connectivity index is 2.17. The highest BCUT2D eigenvalue weighted by Gasteiger charge is 2.10. The molecule has 5 heteroatoms. The lowest BCUT2D eigenvalue weighted by molar-refractivity contribution is 0.0955. The number of hydrogen-bond donors (Lipinski definition) is 1. The van der Waals surface area contributed by atoms with Crippen LogP contribution in [-0.4, -0.2) is 23.7 Å². The Bertz CT molecular complexity index is 726. The summed E-state index contributed by atoms with van der Waals surface area (Å²) in [5, 5.41) is 4.21. The molecule has 0 aliphatic heterocycles. The summed E-state index contributed by atoms with van der Waals surface area (Å²) >= 11 is 0. The van der Waals surface area contributed by atoms with Crippen molar-refractivity contribution < 1.29 is 9.53 Å². The molecule has 0 unspecified atom stereocenters. The van der Waals surface area contributed by atoms with Crippen molar-refractivity contribution >= 4 is 11.6 Å². The van der Waals surface area contributed by atoms with E-state index >= 15 is 0 Å². The molecule has 0 saturated heterocycles. The van der Waals surface area contributed by atoms with Gasteiger partial charge in [0.1, 0.15) is 5.75 Å². The standard InChI is InChI=1S/C18H21N3O2/c1-11-10-12(2)19-13(3)17(11)14(4)20-21-18(22)15-6-8-16(23-5)9-7-15/h6-10H,1-5H3,(H,21,22)/b20-14-. The van der Waals surface area contributed by atoms with Gasteiger partial charge in [-0.05, 0) is 63.6 Å². The summed E-state index contributed by atoms with van der Waals surface area (Å²) < 4.78 is 5.07. The fourth-order valence-corrected chi connectivity index (χ4v) is 2.57. The van der Waals surface area contributed by atoms with Gasteiger partial charge < -0.3 is 4.74 Å². The van der Waals surface area contributed by atoms with Crippen LogP contribution in [0.15, 0.2) is 35.4 Å². The molecule has 1 aromatic heterocycles. The summed E-state index contributed by atoms with van der Waals surface area (Å²) in [5.41, 5.74) is 7.77. The minimum absolute atomic E-state index is 0.262. The van der Waals surface area contributed by atoms with Gasteiger partial charge in [0, 0.05) is 22.5 Å². The molecular formula is C18H21N3O2. The van der Waals surface area contributed by atoms with Crippen LogP contribution in [-0.2, 0) is 0 Å². The van der Waals surface area contributed by atoms with Crippen LogP contribution in [0.2, 0.25) is 0 Å². The van der Waals surface area contributed by atoms with E-state index in [0.29, 0.717) is 11.3 Å². The molecule has 23 heavy (non-hydrogen) atoms. The Hall–Kier alpha value is -2.69. The van der Waals surface area contributed by atoms with Crippen molar-refractivity contribution in [2.75, 3.05) is 7.11 Å². The number of amides is 1. The smallest absolute Gasteiger partial charge is 0.271 e. The van der Waals surface area contributed by atoms with Crippen LogP contribution >= 0.6 is 0 Å². The molecule has 1 amide bonds. The molecule has 2 rings (SSSR count). The second kappa shape index (κ2) is 7.05. The van der Waals surface area contributed by atoms with E-state index in [4.69, 9.17) is 4.74 Å². The molecule has 0 saturated carbocycles. The lowest BCUT2D eigenvalue weighted by Gasteiger charge is -2.10. The maximum atomic E-state index is 12.1. The zero-order valence-electron chi connectivity index (χ0n) is 14.1. The number of benzene rings is 1. The van der Waals surface area contributed by atoms with Gasteiger partial charge in [-0.2, -0.15) is 5.10 Å². The van der Waals surface area contributed by atoms with E-state index in [2.05, 4.69) is 15.5 Å². The van der Waals surface area contributed by atoms with Gasteiger partial charge in [0.2, 0.25) is 0 Å². The number of hydrogen-bond acceptors (Lipinski definition) is 4. The Morgan fingerprint density at radius 3 is 2.39 bits per heavy atom. The van der Waals surface area contributed by atoms with Gasteiger partial charge in [0.05, 0.1) is 12.8 Å². The first-order valence-corrected chi connectivity index (χ1v) is 7.36. The monoisotopic (exact) mass is 311 g/mol. The molecule has 1 heterocycles. The first kappa shape index (κ1) is 16.7. The minimum Gasteiger partial charge on any atom is -0.497 e. The number of nitrogens with one attached hydrogen (secondary N) is 1. The van der Waals surface area contributed by atoms with E-state index in [0.717, 1.165) is 28.2 Å². The average Bonchev–Trinajstić information content (AvgIpc) is 2.51. The largest absolute Gasteiger partial charge is 0.497 e. The van der Waals surface area contributed by atoms with Gasteiger partial charge in [-0.15, -0.1) is 0 Å². The van der Waals surface area contributed by atoms with Crippen LogP contribution in [0, 0.1) is 20.8 Å². The Kier molecular flexibility index (Phi) is 5.11. The summed E-state index contributed by atoms with van der Waals surface area (Å²) in [6, 6.07) is 8.88. The molecular weight excluding hydrogens is 290 g/mol. The minimum atomic E-state index is -0.262. The molecule has 5 nitrogen and oxygen atoms in total. The molecule has 0 bridgehead atoms. The Morgan fingerprint density at radius 1 is 1.17 bits per heavy atom. The van der Waals surface area contributed by atoms with Crippen LogP contribution in [0.4, 0.5) is 0 Å². The SMILES string of the molecule is COc1ccc(C(=O)N/N=C(/C)c2c(C)cc(C)nc2C)cc1. The summed E-state index contributed by atoms with van der Waals surface area (Å²) in [7, 11) is 1.59. The second-order valence-corrected chi connectivity index (χ2v) is 5.41. The van der Waals surface area contributed by atoms with Gasteiger partial charge >= 0.3 is 0 Å². The third-order valence-corrected chi connectivity index (χ3v) is 3.56. The zero-order valence-corrected chi connectivity index (χ0v) is 14.1. The number of ether oxygens (including phenoxy) is 1. The number of pyridine rings is 1. The van der Waals surface area contributed by atoms with E-state index in [1.54, 1.807) is 31.4 Å². The van der Waals surface area contributed by atoms with Crippen LogP contribution in [0.3, 0.4) is 0 Å². The number of aromatic nitrogens is 1. The Morgan fingerprint density at radius 2 is 1.83 bits per heavy atom. The molecule has 0 spiro atoms. The number of carbonyl (C=O) groups is 1. The first-order valence-electron chi connectivity index (χ1n) is 7.36. The quantitative estimate of drug-likeness (QED) is 0.697.